The highest BCUT2D eigenvalue weighted by atomic mass is 32.1. The van der Waals surface area contributed by atoms with Crippen molar-refractivity contribution in [2.24, 2.45) is 0 Å². The molecule has 0 bridgehead atoms. The highest BCUT2D eigenvalue weighted by molar-refractivity contribution is 7.11. The minimum atomic E-state index is -0.225. The summed E-state index contributed by atoms with van der Waals surface area (Å²) in [5, 5.41) is 5.70. The lowest BCUT2D eigenvalue weighted by molar-refractivity contribution is -0.132. The second-order valence-electron chi connectivity index (χ2n) is 7.16. The topological polar surface area (TPSA) is 51.0 Å². The van der Waals surface area contributed by atoms with Gasteiger partial charge in [-0.2, -0.15) is 5.10 Å². The van der Waals surface area contributed by atoms with Crippen molar-refractivity contribution in [3.8, 4) is 11.3 Å². The number of rotatable bonds is 4. The van der Waals surface area contributed by atoms with Crippen LogP contribution < -0.4 is 0 Å². The summed E-state index contributed by atoms with van der Waals surface area (Å²) in [5.41, 5.74) is 4.35. The van der Waals surface area contributed by atoms with Crippen LogP contribution in [0.15, 0.2) is 24.3 Å². The van der Waals surface area contributed by atoms with Crippen molar-refractivity contribution >= 4 is 17.2 Å². The Morgan fingerprint density at radius 3 is 2.86 bits per heavy atom. The quantitative estimate of drug-likeness (QED) is 0.670. The third-order valence-electron chi connectivity index (χ3n) is 5.16. The van der Waals surface area contributed by atoms with Crippen molar-refractivity contribution in [3.05, 3.63) is 56.9 Å². The van der Waals surface area contributed by atoms with Crippen LogP contribution in [-0.2, 0) is 30.7 Å². The number of benzene rings is 1. The van der Waals surface area contributed by atoms with Gasteiger partial charge < -0.3 is 4.90 Å². The predicted octanol–water partition coefficient (Wildman–Crippen LogP) is 3.91. The molecule has 28 heavy (non-hydrogen) atoms. The molecule has 1 aromatic carbocycles. The normalized spacial score (nSPS) is 13.6. The van der Waals surface area contributed by atoms with Gasteiger partial charge in [-0.25, -0.2) is 9.37 Å². The molecule has 7 heteroatoms. The fraction of sp³-hybridized carbons (Fsp3) is 0.381. The summed E-state index contributed by atoms with van der Waals surface area (Å²) in [6.45, 7) is 7.34. The molecule has 3 heterocycles. The number of fused-ring (bicyclic) bond motifs is 1. The van der Waals surface area contributed by atoms with Gasteiger partial charge in [0.1, 0.15) is 12.4 Å². The van der Waals surface area contributed by atoms with Crippen LogP contribution in [0, 0.1) is 19.7 Å². The molecule has 2 aromatic heterocycles. The van der Waals surface area contributed by atoms with Crippen LogP contribution >= 0.6 is 11.3 Å². The van der Waals surface area contributed by atoms with E-state index in [-0.39, 0.29) is 18.3 Å². The number of amides is 1. The van der Waals surface area contributed by atoms with Gasteiger partial charge in [0.2, 0.25) is 5.91 Å². The molecule has 0 unspecified atom stereocenters. The molecule has 4 rings (SSSR count). The van der Waals surface area contributed by atoms with Gasteiger partial charge in [-0.3, -0.25) is 9.48 Å². The van der Waals surface area contributed by atoms with E-state index in [0.29, 0.717) is 18.7 Å². The molecule has 0 atom stereocenters. The van der Waals surface area contributed by atoms with Crippen LogP contribution in [-0.4, -0.2) is 32.1 Å². The van der Waals surface area contributed by atoms with Crippen molar-refractivity contribution < 1.29 is 9.18 Å². The molecule has 0 aliphatic carbocycles. The fourth-order valence-corrected chi connectivity index (χ4v) is 4.59. The summed E-state index contributed by atoms with van der Waals surface area (Å²) in [7, 11) is 0. The number of carbonyl (C=O) groups is 1. The second-order valence-corrected chi connectivity index (χ2v) is 8.45. The molecule has 0 saturated carbocycles. The van der Waals surface area contributed by atoms with Gasteiger partial charge in [-0.15, -0.1) is 11.3 Å². The van der Waals surface area contributed by atoms with Crippen molar-refractivity contribution in [3.63, 3.8) is 0 Å². The molecule has 0 N–H and O–H groups in total. The predicted molar refractivity (Wildman–Crippen MR) is 108 cm³/mol. The summed E-state index contributed by atoms with van der Waals surface area (Å²) in [6.07, 6.45) is 1.59. The summed E-state index contributed by atoms with van der Waals surface area (Å²) in [4.78, 5) is 20.5. The van der Waals surface area contributed by atoms with E-state index < -0.39 is 0 Å². The molecule has 1 aliphatic rings. The highest BCUT2D eigenvalue weighted by Crippen LogP contribution is 2.26. The first-order valence-corrected chi connectivity index (χ1v) is 10.3. The lowest BCUT2D eigenvalue weighted by Gasteiger charge is -2.26. The lowest BCUT2D eigenvalue weighted by atomic mass is 10.1. The Bertz CT molecular complexity index is 1040. The van der Waals surface area contributed by atoms with Gasteiger partial charge in [0.25, 0.3) is 0 Å². The first kappa shape index (κ1) is 18.8. The molecular weight excluding hydrogens is 375 g/mol. The van der Waals surface area contributed by atoms with Gasteiger partial charge in [0.15, 0.2) is 0 Å². The Balaban J connectivity index is 1.53. The molecule has 0 radical (unpaired) electrons. The first-order chi connectivity index (χ1) is 13.4. The Hall–Kier alpha value is -2.54. The molecule has 0 fully saturated rings. The minimum absolute atomic E-state index is 0.0661. The van der Waals surface area contributed by atoms with Gasteiger partial charge in [-0.1, -0.05) is 6.92 Å². The van der Waals surface area contributed by atoms with Gasteiger partial charge in [0, 0.05) is 29.1 Å². The Kier molecular flexibility index (Phi) is 5.02. The fourth-order valence-electron chi connectivity index (χ4n) is 3.59. The lowest BCUT2D eigenvalue weighted by Crippen LogP contribution is -2.38. The number of halogens is 1. The first-order valence-electron chi connectivity index (χ1n) is 9.50. The highest BCUT2D eigenvalue weighted by Gasteiger charge is 2.24. The maximum atomic E-state index is 13.6. The summed E-state index contributed by atoms with van der Waals surface area (Å²) in [6, 6.07) is 6.97. The Morgan fingerprint density at radius 1 is 1.29 bits per heavy atom. The molecular formula is C21H23FN4OS. The standard InChI is InChI=1S/C21H23FN4OS/c1-4-16-10-19(15-5-6-17(22)13(2)9-15)24-26(16)12-21(27)25-8-7-18-20(11-25)28-14(3)23-18/h5-6,9-10H,4,7-8,11-12H2,1-3H3. The molecule has 5 nitrogen and oxygen atoms in total. The zero-order valence-corrected chi connectivity index (χ0v) is 17.1. The zero-order chi connectivity index (χ0) is 19.8. The van der Waals surface area contributed by atoms with Crippen molar-refractivity contribution in [2.75, 3.05) is 6.54 Å². The van der Waals surface area contributed by atoms with Crippen LogP contribution in [0.25, 0.3) is 11.3 Å². The molecule has 146 valence electrons. The van der Waals surface area contributed by atoms with E-state index in [0.717, 1.165) is 40.5 Å². The number of hydrogen-bond acceptors (Lipinski definition) is 4. The van der Waals surface area contributed by atoms with E-state index >= 15 is 0 Å². The maximum absolute atomic E-state index is 13.6. The monoisotopic (exact) mass is 398 g/mol. The van der Waals surface area contributed by atoms with Crippen LogP contribution in [0.5, 0.6) is 0 Å². The second kappa shape index (κ2) is 7.47. The number of hydrogen-bond donors (Lipinski definition) is 0. The number of aromatic nitrogens is 3. The van der Waals surface area contributed by atoms with E-state index in [1.807, 2.05) is 24.8 Å². The van der Waals surface area contributed by atoms with E-state index in [2.05, 4.69) is 10.1 Å². The number of thiazole rings is 1. The van der Waals surface area contributed by atoms with E-state index in [1.54, 1.807) is 35.1 Å². The number of carbonyl (C=O) groups excluding carboxylic acids is 1. The van der Waals surface area contributed by atoms with Gasteiger partial charge in [-0.05, 0) is 50.1 Å². The Morgan fingerprint density at radius 2 is 2.11 bits per heavy atom. The van der Waals surface area contributed by atoms with E-state index in [4.69, 9.17) is 0 Å². The zero-order valence-electron chi connectivity index (χ0n) is 16.3. The SMILES string of the molecule is CCc1cc(-c2ccc(F)c(C)c2)nn1CC(=O)N1CCc2nc(C)sc2C1. The molecule has 1 amide bonds. The van der Waals surface area contributed by atoms with Crippen LogP contribution in [0.2, 0.25) is 0 Å². The maximum Gasteiger partial charge on any atom is 0.244 e. The third-order valence-corrected chi connectivity index (χ3v) is 6.15. The third kappa shape index (κ3) is 3.58. The van der Waals surface area contributed by atoms with Crippen LogP contribution in [0.1, 0.15) is 33.8 Å². The van der Waals surface area contributed by atoms with Crippen molar-refractivity contribution in [2.45, 2.75) is 46.7 Å². The Labute approximate surface area is 167 Å². The van der Waals surface area contributed by atoms with Crippen molar-refractivity contribution in [1.29, 1.82) is 0 Å². The summed E-state index contributed by atoms with van der Waals surface area (Å²) < 4.78 is 15.4. The average molecular weight is 399 g/mol. The molecule has 1 aliphatic heterocycles. The summed E-state index contributed by atoms with van der Waals surface area (Å²) >= 11 is 1.67. The minimum Gasteiger partial charge on any atom is -0.335 e. The van der Waals surface area contributed by atoms with E-state index in [9.17, 15) is 9.18 Å². The average Bonchev–Trinajstić information content (AvgIpc) is 3.25. The van der Waals surface area contributed by atoms with Gasteiger partial charge in [0.05, 0.1) is 22.9 Å². The van der Waals surface area contributed by atoms with E-state index in [1.165, 1.54) is 10.9 Å². The molecule has 0 spiro atoms. The molecule has 0 saturated heterocycles. The smallest absolute Gasteiger partial charge is 0.244 e. The summed E-state index contributed by atoms with van der Waals surface area (Å²) in [5.74, 6) is -0.159. The van der Waals surface area contributed by atoms with Crippen molar-refractivity contribution in [1.82, 2.24) is 19.7 Å². The largest absolute Gasteiger partial charge is 0.335 e. The number of nitrogens with zero attached hydrogens (tertiary/aromatic N) is 4. The number of aryl methyl sites for hydroxylation is 3. The van der Waals surface area contributed by atoms with Crippen LogP contribution in [0.4, 0.5) is 4.39 Å². The van der Waals surface area contributed by atoms with Crippen LogP contribution in [0.3, 0.4) is 0 Å². The molecule has 3 aromatic rings. The van der Waals surface area contributed by atoms with Gasteiger partial charge >= 0.3 is 0 Å².